The average Bonchev–Trinajstić information content (AvgIpc) is 2.68. The van der Waals surface area contributed by atoms with Crippen LogP contribution in [0, 0.1) is 13.8 Å². The number of nitrogens with zero attached hydrogens (tertiary/aromatic N) is 4. The summed E-state index contributed by atoms with van der Waals surface area (Å²) in [5.41, 5.74) is 2.31. The van der Waals surface area contributed by atoms with Crippen LogP contribution in [0.5, 0.6) is 0 Å². The van der Waals surface area contributed by atoms with Crippen LogP contribution >= 0.6 is 11.8 Å². The lowest BCUT2D eigenvalue weighted by Gasteiger charge is -1.98. The van der Waals surface area contributed by atoms with Crippen molar-refractivity contribution < 1.29 is 4.42 Å². The first kappa shape index (κ1) is 11.2. The Morgan fingerprint density at radius 3 is 2.67 bits per heavy atom. The maximum absolute atomic E-state index is 5.51. The molecule has 0 unspecified atom stereocenters. The van der Waals surface area contributed by atoms with E-state index in [9.17, 15) is 0 Å². The van der Waals surface area contributed by atoms with E-state index >= 15 is 0 Å². The first-order chi connectivity index (χ1) is 8.72. The van der Waals surface area contributed by atoms with Crippen molar-refractivity contribution in [2.75, 3.05) is 0 Å². The fraction of sp³-hybridized carbons (Fsp3) is 0.167. The fourth-order valence-corrected chi connectivity index (χ4v) is 2.27. The Bertz CT molecular complexity index is 691. The molecule has 0 amide bonds. The fourth-order valence-electron chi connectivity index (χ4n) is 1.47. The van der Waals surface area contributed by atoms with Crippen LogP contribution in [0.25, 0.3) is 11.2 Å². The minimum atomic E-state index is 0.598. The molecule has 3 rings (SSSR count). The number of aryl methyl sites for hydroxylation is 2. The Balaban J connectivity index is 1.95. The van der Waals surface area contributed by atoms with Gasteiger partial charge in [0.1, 0.15) is 16.3 Å². The summed E-state index contributed by atoms with van der Waals surface area (Å²) in [7, 11) is 0. The van der Waals surface area contributed by atoms with Crippen LogP contribution in [0.15, 0.2) is 39.2 Å². The predicted molar refractivity (Wildman–Crippen MR) is 67.4 cm³/mol. The van der Waals surface area contributed by atoms with Gasteiger partial charge in [0.05, 0.1) is 5.69 Å². The van der Waals surface area contributed by atoms with Crippen molar-refractivity contribution in [1.29, 1.82) is 0 Å². The summed E-state index contributed by atoms with van der Waals surface area (Å²) in [6.07, 6.45) is 3.28. The standard InChI is InChI=1S/C12H10N4OS/c1-7-8(2)17-12(15-7)18-10-4-3-9-11(16-10)14-6-5-13-9/h3-6H,1-2H3. The van der Waals surface area contributed by atoms with Crippen molar-refractivity contribution in [2.45, 2.75) is 24.1 Å². The largest absolute Gasteiger partial charge is 0.436 e. The molecule has 0 spiro atoms. The number of rotatable bonds is 2. The Morgan fingerprint density at radius 1 is 1.06 bits per heavy atom. The first-order valence-electron chi connectivity index (χ1n) is 5.42. The van der Waals surface area contributed by atoms with Gasteiger partial charge in [0.25, 0.3) is 5.22 Å². The topological polar surface area (TPSA) is 64.7 Å². The van der Waals surface area contributed by atoms with Gasteiger partial charge in [-0.3, -0.25) is 4.98 Å². The molecule has 0 radical (unpaired) electrons. The molecule has 0 fully saturated rings. The highest BCUT2D eigenvalue weighted by Crippen LogP contribution is 2.27. The Morgan fingerprint density at radius 2 is 1.89 bits per heavy atom. The SMILES string of the molecule is Cc1nc(Sc2ccc3nccnc3n2)oc1C. The van der Waals surface area contributed by atoms with Gasteiger partial charge < -0.3 is 4.42 Å². The molecule has 0 N–H and O–H groups in total. The van der Waals surface area contributed by atoms with Crippen molar-refractivity contribution in [3.05, 3.63) is 36.0 Å². The summed E-state index contributed by atoms with van der Waals surface area (Å²) in [5.74, 6) is 0.832. The molecule has 18 heavy (non-hydrogen) atoms. The van der Waals surface area contributed by atoms with E-state index in [2.05, 4.69) is 19.9 Å². The lowest BCUT2D eigenvalue weighted by molar-refractivity contribution is 0.431. The lowest BCUT2D eigenvalue weighted by atomic mass is 10.4. The van der Waals surface area contributed by atoms with Crippen LogP contribution in [0.3, 0.4) is 0 Å². The van der Waals surface area contributed by atoms with Gasteiger partial charge in [0.15, 0.2) is 5.65 Å². The highest BCUT2D eigenvalue weighted by Gasteiger charge is 2.09. The maximum atomic E-state index is 5.51. The van der Waals surface area contributed by atoms with Crippen LogP contribution in [-0.2, 0) is 0 Å². The zero-order valence-electron chi connectivity index (χ0n) is 9.91. The number of fused-ring (bicyclic) bond motifs is 1. The van der Waals surface area contributed by atoms with Gasteiger partial charge in [0.2, 0.25) is 0 Å². The molecule has 0 aliphatic heterocycles. The van der Waals surface area contributed by atoms with Crippen LogP contribution in [0.1, 0.15) is 11.5 Å². The molecule has 3 aromatic rings. The molecular weight excluding hydrogens is 248 g/mol. The van der Waals surface area contributed by atoms with Gasteiger partial charge in [-0.2, -0.15) is 0 Å². The number of oxazole rings is 1. The lowest BCUT2D eigenvalue weighted by Crippen LogP contribution is -1.87. The van der Waals surface area contributed by atoms with Crippen LogP contribution < -0.4 is 0 Å². The maximum Gasteiger partial charge on any atom is 0.262 e. The number of hydrogen-bond acceptors (Lipinski definition) is 6. The average molecular weight is 258 g/mol. The molecule has 0 saturated heterocycles. The minimum Gasteiger partial charge on any atom is -0.436 e. The summed E-state index contributed by atoms with van der Waals surface area (Å²) in [6, 6.07) is 3.77. The monoisotopic (exact) mass is 258 g/mol. The molecule has 0 aliphatic carbocycles. The van der Waals surface area contributed by atoms with Crippen LogP contribution in [0.4, 0.5) is 0 Å². The highest BCUT2D eigenvalue weighted by atomic mass is 32.2. The second-order valence-corrected chi connectivity index (χ2v) is 4.74. The first-order valence-corrected chi connectivity index (χ1v) is 6.24. The highest BCUT2D eigenvalue weighted by molar-refractivity contribution is 7.99. The number of pyridine rings is 1. The molecule has 0 aromatic carbocycles. The van der Waals surface area contributed by atoms with Gasteiger partial charge in [-0.25, -0.2) is 15.0 Å². The third-order valence-corrected chi connectivity index (χ3v) is 3.29. The van der Waals surface area contributed by atoms with Gasteiger partial charge in [-0.15, -0.1) is 0 Å². The summed E-state index contributed by atoms with van der Waals surface area (Å²) < 4.78 is 5.51. The second kappa shape index (κ2) is 4.38. The zero-order valence-corrected chi connectivity index (χ0v) is 10.7. The van der Waals surface area contributed by atoms with Crippen LogP contribution in [0.2, 0.25) is 0 Å². The number of aromatic nitrogens is 4. The van der Waals surface area contributed by atoms with Crippen molar-refractivity contribution in [3.63, 3.8) is 0 Å². The minimum absolute atomic E-state index is 0.598. The molecular formula is C12H10N4OS. The van der Waals surface area contributed by atoms with E-state index in [-0.39, 0.29) is 0 Å². The zero-order chi connectivity index (χ0) is 12.5. The van der Waals surface area contributed by atoms with E-state index in [0.29, 0.717) is 10.9 Å². The van der Waals surface area contributed by atoms with Gasteiger partial charge in [-0.05, 0) is 37.7 Å². The Hall–Kier alpha value is -1.95. The van der Waals surface area contributed by atoms with E-state index in [1.165, 1.54) is 11.8 Å². The number of hydrogen-bond donors (Lipinski definition) is 0. The smallest absolute Gasteiger partial charge is 0.262 e. The van der Waals surface area contributed by atoms with Crippen LogP contribution in [-0.4, -0.2) is 19.9 Å². The van der Waals surface area contributed by atoms with E-state index in [4.69, 9.17) is 4.42 Å². The molecule has 3 aromatic heterocycles. The normalized spacial score (nSPS) is 11.0. The van der Waals surface area contributed by atoms with Crippen molar-refractivity contribution in [1.82, 2.24) is 19.9 Å². The van der Waals surface area contributed by atoms with E-state index in [1.54, 1.807) is 12.4 Å². The third kappa shape index (κ3) is 2.06. The molecule has 90 valence electrons. The van der Waals surface area contributed by atoms with E-state index < -0.39 is 0 Å². The molecule has 0 bridgehead atoms. The quantitative estimate of drug-likeness (QED) is 0.704. The molecule has 3 heterocycles. The molecule has 0 saturated carbocycles. The van der Waals surface area contributed by atoms with Gasteiger partial charge in [-0.1, -0.05) is 0 Å². The summed E-state index contributed by atoms with van der Waals surface area (Å²) in [6.45, 7) is 3.81. The van der Waals surface area contributed by atoms with E-state index in [1.807, 2.05) is 26.0 Å². The molecule has 5 nitrogen and oxygen atoms in total. The van der Waals surface area contributed by atoms with Crippen molar-refractivity contribution in [3.8, 4) is 0 Å². The summed E-state index contributed by atoms with van der Waals surface area (Å²) in [5, 5.41) is 1.39. The predicted octanol–water partition coefficient (Wildman–Crippen LogP) is 2.78. The third-order valence-electron chi connectivity index (χ3n) is 2.51. The Labute approximate surface area is 108 Å². The summed E-state index contributed by atoms with van der Waals surface area (Å²) in [4.78, 5) is 17.0. The van der Waals surface area contributed by atoms with Gasteiger partial charge >= 0.3 is 0 Å². The molecule has 6 heteroatoms. The van der Waals surface area contributed by atoms with Crippen molar-refractivity contribution >= 4 is 22.9 Å². The van der Waals surface area contributed by atoms with E-state index in [0.717, 1.165) is 22.0 Å². The summed E-state index contributed by atoms with van der Waals surface area (Å²) >= 11 is 1.38. The molecule has 0 atom stereocenters. The van der Waals surface area contributed by atoms with Gasteiger partial charge in [0, 0.05) is 12.4 Å². The molecule has 0 aliphatic rings. The van der Waals surface area contributed by atoms with Crippen molar-refractivity contribution in [2.24, 2.45) is 0 Å². The Kier molecular flexibility index (Phi) is 2.71. The second-order valence-electron chi connectivity index (χ2n) is 3.77.